The predicted molar refractivity (Wildman–Crippen MR) is 107 cm³/mol. The van der Waals surface area contributed by atoms with Crippen LogP contribution in [0.2, 0.25) is 0 Å². The fraction of sp³-hybridized carbons (Fsp3) is 0.421. The number of benzene rings is 1. The number of hydrogen-bond acceptors (Lipinski definition) is 4. The molecule has 26 heavy (non-hydrogen) atoms. The molecule has 7 heteroatoms. The molecule has 2 aromatic rings. The van der Waals surface area contributed by atoms with E-state index in [-0.39, 0.29) is 42.7 Å². The molecule has 0 aliphatic rings. The summed E-state index contributed by atoms with van der Waals surface area (Å²) >= 11 is 1.50. The molecule has 144 valence electrons. The van der Waals surface area contributed by atoms with Crippen molar-refractivity contribution < 1.29 is 13.9 Å². The maximum absolute atomic E-state index is 13.9. The van der Waals surface area contributed by atoms with Gasteiger partial charge in [-0.25, -0.2) is 4.39 Å². The number of carbonyl (C=O) groups excluding carboxylic acids is 1. The van der Waals surface area contributed by atoms with E-state index in [0.29, 0.717) is 18.7 Å². The summed E-state index contributed by atoms with van der Waals surface area (Å²) in [7, 11) is 1.56. The Labute approximate surface area is 164 Å². The van der Waals surface area contributed by atoms with E-state index in [1.807, 2.05) is 32.0 Å². The molecule has 1 amide bonds. The van der Waals surface area contributed by atoms with Crippen molar-refractivity contribution in [3.8, 4) is 10.4 Å². The summed E-state index contributed by atoms with van der Waals surface area (Å²) in [6.07, 6.45) is -0.0115. The van der Waals surface area contributed by atoms with Gasteiger partial charge in [0.1, 0.15) is 5.82 Å². The van der Waals surface area contributed by atoms with Gasteiger partial charge in [-0.05, 0) is 32.0 Å². The summed E-state index contributed by atoms with van der Waals surface area (Å²) in [5, 5.41) is 0. The Balaban J connectivity index is 0.00000338. The van der Waals surface area contributed by atoms with Crippen molar-refractivity contribution >= 4 is 29.7 Å². The third kappa shape index (κ3) is 5.77. The smallest absolute Gasteiger partial charge is 0.225 e. The van der Waals surface area contributed by atoms with E-state index in [9.17, 15) is 9.18 Å². The lowest BCUT2D eigenvalue weighted by atomic mass is 10.2. The van der Waals surface area contributed by atoms with Crippen LogP contribution in [0.5, 0.6) is 0 Å². The largest absolute Gasteiger partial charge is 0.380 e. The van der Waals surface area contributed by atoms with E-state index in [2.05, 4.69) is 0 Å². The molecule has 1 atom stereocenters. The number of hydrogen-bond donors (Lipinski definition) is 1. The average molecular weight is 401 g/mol. The van der Waals surface area contributed by atoms with Crippen LogP contribution in [-0.2, 0) is 16.1 Å². The molecule has 2 N–H and O–H groups in total. The highest BCUT2D eigenvalue weighted by Crippen LogP contribution is 2.31. The normalized spacial score (nSPS) is 11.9. The highest BCUT2D eigenvalue weighted by molar-refractivity contribution is 7.15. The second-order valence-corrected chi connectivity index (χ2v) is 7.33. The van der Waals surface area contributed by atoms with E-state index in [1.165, 1.54) is 17.4 Å². The number of halogens is 2. The third-order valence-electron chi connectivity index (χ3n) is 4.07. The number of carbonyl (C=O) groups is 1. The summed E-state index contributed by atoms with van der Waals surface area (Å²) in [4.78, 5) is 16.3. The van der Waals surface area contributed by atoms with Gasteiger partial charge in [0.25, 0.3) is 0 Å². The molecule has 0 saturated heterocycles. The Kier molecular flexibility index (Phi) is 9.22. The van der Waals surface area contributed by atoms with Crippen LogP contribution < -0.4 is 5.73 Å². The Morgan fingerprint density at radius 3 is 2.54 bits per heavy atom. The first kappa shape index (κ1) is 22.6. The first-order valence-electron chi connectivity index (χ1n) is 8.32. The van der Waals surface area contributed by atoms with Crippen LogP contribution in [0.15, 0.2) is 36.4 Å². The van der Waals surface area contributed by atoms with Crippen molar-refractivity contribution in [1.29, 1.82) is 0 Å². The summed E-state index contributed by atoms with van der Waals surface area (Å²) in [6.45, 7) is 4.77. The molecule has 0 saturated carbocycles. The van der Waals surface area contributed by atoms with E-state index in [4.69, 9.17) is 10.5 Å². The van der Waals surface area contributed by atoms with E-state index in [0.717, 1.165) is 9.75 Å². The van der Waals surface area contributed by atoms with Crippen molar-refractivity contribution in [1.82, 2.24) is 4.90 Å². The van der Waals surface area contributed by atoms with Gasteiger partial charge in [0, 0.05) is 35.0 Å². The number of thiophene rings is 1. The summed E-state index contributed by atoms with van der Waals surface area (Å²) in [5.74, 6) is -0.230. The zero-order chi connectivity index (χ0) is 18.4. The van der Waals surface area contributed by atoms with E-state index >= 15 is 0 Å². The average Bonchev–Trinajstić information content (AvgIpc) is 3.06. The minimum absolute atomic E-state index is 0. The Hall–Kier alpha value is -1.47. The third-order valence-corrected chi connectivity index (χ3v) is 5.17. The maximum atomic E-state index is 13.9. The van der Waals surface area contributed by atoms with Crippen LogP contribution in [-0.4, -0.2) is 36.6 Å². The number of rotatable bonds is 8. The Morgan fingerprint density at radius 2 is 1.96 bits per heavy atom. The van der Waals surface area contributed by atoms with Gasteiger partial charge in [-0.2, -0.15) is 0 Å². The van der Waals surface area contributed by atoms with Gasteiger partial charge in [0.15, 0.2) is 0 Å². The molecule has 1 unspecified atom stereocenters. The van der Waals surface area contributed by atoms with Gasteiger partial charge in [-0.15, -0.1) is 23.7 Å². The summed E-state index contributed by atoms with van der Waals surface area (Å²) in [5.41, 5.74) is 6.20. The van der Waals surface area contributed by atoms with Crippen LogP contribution in [0.4, 0.5) is 4.39 Å². The van der Waals surface area contributed by atoms with Gasteiger partial charge in [0.05, 0.1) is 19.1 Å². The van der Waals surface area contributed by atoms with Gasteiger partial charge >= 0.3 is 0 Å². The van der Waals surface area contributed by atoms with Crippen molar-refractivity contribution in [3.63, 3.8) is 0 Å². The standard InChI is InChI=1S/C19H25FN2O2S.ClH/c1-13(2)22(19(23)10-14(11-21)24-3)12-15-8-9-18(25-15)16-6-4-5-7-17(16)20;/h4-9,13-14H,10-12,21H2,1-3H3;1H. The van der Waals surface area contributed by atoms with E-state index in [1.54, 1.807) is 24.1 Å². The molecule has 4 nitrogen and oxygen atoms in total. The predicted octanol–water partition coefficient (Wildman–Crippen LogP) is 4.08. The fourth-order valence-corrected chi connectivity index (χ4v) is 3.60. The zero-order valence-electron chi connectivity index (χ0n) is 15.3. The van der Waals surface area contributed by atoms with Crippen molar-refractivity contribution in [2.75, 3.05) is 13.7 Å². The van der Waals surface area contributed by atoms with Crippen LogP contribution >= 0.6 is 23.7 Å². The second-order valence-electron chi connectivity index (χ2n) is 6.16. The maximum Gasteiger partial charge on any atom is 0.225 e. The van der Waals surface area contributed by atoms with Gasteiger partial charge in [0.2, 0.25) is 5.91 Å². The molecule has 0 aliphatic heterocycles. The van der Waals surface area contributed by atoms with Crippen molar-refractivity contribution in [2.45, 2.75) is 39.0 Å². The highest BCUT2D eigenvalue weighted by Gasteiger charge is 2.21. The monoisotopic (exact) mass is 400 g/mol. The van der Waals surface area contributed by atoms with Gasteiger partial charge < -0.3 is 15.4 Å². The number of ether oxygens (including phenoxy) is 1. The molecule has 1 heterocycles. The molecular formula is C19H26ClFN2O2S. The Bertz CT molecular complexity index is 704. The minimum atomic E-state index is -0.272. The first-order chi connectivity index (χ1) is 12.0. The lowest BCUT2D eigenvalue weighted by molar-refractivity contribution is -0.136. The first-order valence-corrected chi connectivity index (χ1v) is 9.13. The lowest BCUT2D eigenvalue weighted by Crippen LogP contribution is -2.39. The van der Waals surface area contributed by atoms with Crippen molar-refractivity contribution in [2.24, 2.45) is 5.73 Å². The molecule has 0 radical (unpaired) electrons. The molecule has 2 rings (SSSR count). The molecule has 0 spiro atoms. The molecule has 0 aliphatic carbocycles. The highest BCUT2D eigenvalue weighted by atomic mass is 35.5. The quantitative estimate of drug-likeness (QED) is 0.726. The fourth-order valence-electron chi connectivity index (χ4n) is 2.57. The van der Waals surface area contributed by atoms with Crippen molar-refractivity contribution in [3.05, 3.63) is 47.1 Å². The molecule has 1 aromatic carbocycles. The Morgan fingerprint density at radius 1 is 1.27 bits per heavy atom. The molecule has 1 aromatic heterocycles. The van der Waals surface area contributed by atoms with Crippen LogP contribution in [0.1, 0.15) is 25.1 Å². The lowest BCUT2D eigenvalue weighted by Gasteiger charge is -2.27. The minimum Gasteiger partial charge on any atom is -0.380 e. The van der Waals surface area contributed by atoms with Gasteiger partial charge in [-0.1, -0.05) is 18.2 Å². The van der Waals surface area contributed by atoms with Crippen LogP contribution in [0.25, 0.3) is 10.4 Å². The molecule has 0 bridgehead atoms. The van der Waals surface area contributed by atoms with Crippen LogP contribution in [0, 0.1) is 5.82 Å². The van der Waals surface area contributed by atoms with Gasteiger partial charge in [-0.3, -0.25) is 4.79 Å². The number of nitrogens with two attached hydrogens (primary N) is 1. The molecular weight excluding hydrogens is 375 g/mol. The summed E-state index contributed by atoms with van der Waals surface area (Å²) < 4.78 is 19.2. The SMILES string of the molecule is COC(CN)CC(=O)N(Cc1ccc(-c2ccccc2F)s1)C(C)C.Cl. The zero-order valence-corrected chi connectivity index (χ0v) is 16.9. The number of nitrogens with zero attached hydrogens (tertiary/aromatic N) is 1. The summed E-state index contributed by atoms with van der Waals surface area (Å²) in [6, 6.07) is 10.6. The number of methoxy groups -OCH3 is 1. The van der Waals surface area contributed by atoms with Crippen LogP contribution in [0.3, 0.4) is 0 Å². The van der Waals surface area contributed by atoms with E-state index < -0.39 is 0 Å². The topological polar surface area (TPSA) is 55.6 Å². The molecule has 0 fully saturated rings. The number of amides is 1. The second kappa shape index (κ2) is 10.6.